The topological polar surface area (TPSA) is 63.7 Å². The zero-order valence-electron chi connectivity index (χ0n) is 9.04. The van der Waals surface area contributed by atoms with Crippen LogP contribution in [-0.2, 0) is 14.3 Å². The van der Waals surface area contributed by atoms with Gasteiger partial charge in [0.2, 0.25) is 0 Å². The van der Waals surface area contributed by atoms with Crippen molar-refractivity contribution in [3.05, 3.63) is 42.0 Å². The third-order valence-corrected chi connectivity index (χ3v) is 2.36. The van der Waals surface area contributed by atoms with Crippen molar-refractivity contribution < 1.29 is 19.1 Å². The van der Waals surface area contributed by atoms with E-state index >= 15 is 0 Å². The van der Waals surface area contributed by atoms with Crippen molar-refractivity contribution in [3.63, 3.8) is 0 Å². The van der Waals surface area contributed by atoms with E-state index in [1.807, 2.05) is 0 Å². The number of carbonyl (C=O) groups is 3. The predicted octanol–water partition coefficient (Wildman–Crippen LogP) is 1.21. The van der Waals surface area contributed by atoms with Crippen molar-refractivity contribution in [2.24, 2.45) is 0 Å². The highest BCUT2D eigenvalue weighted by atomic mass is 16.5. The van der Waals surface area contributed by atoms with Crippen molar-refractivity contribution in [3.8, 4) is 0 Å². The molecule has 0 aliphatic carbocycles. The Morgan fingerprint density at radius 2 is 1.82 bits per heavy atom. The Kier molecular flexibility index (Phi) is 2.74. The highest BCUT2D eigenvalue weighted by Gasteiger charge is 2.37. The molecule has 0 radical (unpaired) electrons. The first-order valence-corrected chi connectivity index (χ1v) is 4.88. The van der Waals surface area contributed by atoms with Gasteiger partial charge in [-0.3, -0.25) is 9.59 Å². The number of methoxy groups -OCH3 is 1. The zero-order chi connectivity index (χ0) is 12.4. The minimum absolute atomic E-state index is 0.195. The molecule has 0 aromatic heterocycles. The largest absolute Gasteiger partial charge is 0.452 e. The fourth-order valence-corrected chi connectivity index (χ4v) is 1.56. The molecule has 0 N–H and O–H groups in total. The van der Waals surface area contributed by atoms with E-state index in [9.17, 15) is 14.4 Å². The molecule has 5 nitrogen and oxygen atoms in total. The van der Waals surface area contributed by atoms with Crippen LogP contribution in [0.2, 0.25) is 0 Å². The van der Waals surface area contributed by atoms with Gasteiger partial charge in [-0.2, -0.15) is 4.90 Å². The van der Waals surface area contributed by atoms with Gasteiger partial charge >= 0.3 is 6.09 Å². The van der Waals surface area contributed by atoms with Gasteiger partial charge in [0.15, 0.2) is 0 Å². The van der Waals surface area contributed by atoms with Crippen molar-refractivity contribution >= 4 is 23.5 Å². The van der Waals surface area contributed by atoms with Crippen LogP contribution in [0.25, 0.3) is 5.57 Å². The summed E-state index contributed by atoms with van der Waals surface area (Å²) in [6.45, 7) is 0. The molecule has 5 heteroatoms. The lowest BCUT2D eigenvalue weighted by molar-refractivity contribution is -0.134. The van der Waals surface area contributed by atoms with Crippen molar-refractivity contribution in [2.45, 2.75) is 0 Å². The number of carbonyl (C=O) groups excluding carboxylic acids is 3. The fraction of sp³-hybridized carbons (Fsp3) is 0.0833. The molecule has 1 aliphatic heterocycles. The molecule has 86 valence electrons. The van der Waals surface area contributed by atoms with E-state index in [2.05, 4.69) is 4.74 Å². The number of benzene rings is 1. The number of hydrogen-bond acceptors (Lipinski definition) is 4. The standard InChI is InChI=1S/C12H9NO4/c1-17-12(16)13-10(14)7-9(11(13)15)8-5-3-2-4-6-8/h2-7H,1H3. The Labute approximate surface area is 97.3 Å². The molecule has 0 fully saturated rings. The Balaban J connectivity index is 2.35. The lowest BCUT2D eigenvalue weighted by atomic mass is 10.1. The minimum atomic E-state index is -0.970. The summed E-state index contributed by atoms with van der Waals surface area (Å²) in [6.07, 6.45) is 0.163. The number of hydrogen-bond donors (Lipinski definition) is 0. The Morgan fingerprint density at radius 3 is 2.41 bits per heavy atom. The second kappa shape index (κ2) is 4.21. The van der Waals surface area contributed by atoms with E-state index in [1.165, 1.54) is 0 Å². The molecule has 2 rings (SSSR count). The maximum Gasteiger partial charge on any atom is 0.423 e. The van der Waals surface area contributed by atoms with Gasteiger partial charge in [-0.05, 0) is 5.56 Å². The second-order valence-corrected chi connectivity index (χ2v) is 3.37. The summed E-state index contributed by atoms with van der Waals surface area (Å²) < 4.78 is 4.37. The quantitative estimate of drug-likeness (QED) is 0.681. The molecule has 17 heavy (non-hydrogen) atoms. The van der Waals surface area contributed by atoms with Crippen molar-refractivity contribution in [1.82, 2.24) is 4.90 Å². The maximum atomic E-state index is 11.9. The third-order valence-electron chi connectivity index (χ3n) is 2.36. The van der Waals surface area contributed by atoms with Gasteiger partial charge in [0, 0.05) is 6.08 Å². The SMILES string of the molecule is COC(=O)N1C(=O)C=C(c2ccccc2)C1=O. The predicted molar refractivity (Wildman–Crippen MR) is 58.7 cm³/mol. The molecular weight excluding hydrogens is 222 g/mol. The first-order valence-electron chi connectivity index (χ1n) is 4.88. The maximum absolute atomic E-state index is 11.9. The van der Waals surface area contributed by atoms with Gasteiger partial charge in [0.1, 0.15) is 0 Å². The molecule has 0 atom stereocenters. The first-order chi connectivity index (χ1) is 8.15. The summed E-state index contributed by atoms with van der Waals surface area (Å²) in [5, 5.41) is 0. The molecule has 1 aliphatic rings. The summed E-state index contributed by atoms with van der Waals surface area (Å²) >= 11 is 0. The van der Waals surface area contributed by atoms with E-state index in [4.69, 9.17) is 0 Å². The molecular formula is C12H9NO4. The minimum Gasteiger partial charge on any atom is -0.452 e. The summed E-state index contributed by atoms with van der Waals surface area (Å²) in [7, 11) is 1.11. The molecule has 3 amide bonds. The van der Waals surface area contributed by atoms with Crippen LogP contribution in [-0.4, -0.2) is 29.9 Å². The van der Waals surface area contributed by atoms with E-state index in [0.717, 1.165) is 13.2 Å². The van der Waals surface area contributed by atoms with Crippen LogP contribution in [0.3, 0.4) is 0 Å². The van der Waals surface area contributed by atoms with Crippen molar-refractivity contribution in [2.75, 3.05) is 7.11 Å². The van der Waals surface area contributed by atoms with Gasteiger partial charge in [0.05, 0.1) is 12.7 Å². The molecule has 1 aromatic carbocycles. The number of rotatable bonds is 1. The van der Waals surface area contributed by atoms with Gasteiger partial charge in [-0.25, -0.2) is 4.79 Å². The Morgan fingerprint density at radius 1 is 1.18 bits per heavy atom. The van der Waals surface area contributed by atoms with Gasteiger partial charge < -0.3 is 4.74 Å². The lowest BCUT2D eigenvalue weighted by Crippen LogP contribution is -2.36. The van der Waals surface area contributed by atoms with Gasteiger partial charge in [0.25, 0.3) is 11.8 Å². The molecule has 0 saturated carbocycles. The smallest absolute Gasteiger partial charge is 0.423 e. The monoisotopic (exact) mass is 231 g/mol. The van der Waals surface area contributed by atoms with Crippen LogP contribution in [0.15, 0.2) is 36.4 Å². The van der Waals surface area contributed by atoms with Crippen molar-refractivity contribution in [1.29, 1.82) is 0 Å². The Bertz CT molecular complexity index is 519. The van der Waals surface area contributed by atoms with E-state index in [0.29, 0.717) is 10.5 Å². The highest BCUT2D eigenvalue weighted by Crippen LogP contribution is 2.23. The number of amides is 3. The summed E-state index contributed by atoms with van der Waals surface area (Å²) in [4.78, 5) is 35.1. The Hall–Kier alpha value is -2.43. The normalized spacial score (nSPS) is 14.9. The van der Waals surface area contributed by atoms with Gasteiger partial charge in [-0.1, -0.05) is 30.3 Å². The molecule has 0 saturated heterocycles. The van der Waals surface area contributed by atoms with E-state index in [-0.39, 0.29) is 5.57 Å². The average molecular weight is 231 g/mol. The van der Waals surface area contributed by atoms with Gasteiger partial charge in [-0.15, -0.1) is 0 Å². The summed E-state index contributed by atoms with van der Waals surface area (Å²) in [5.74, 6) is -1.34. The summed E-state index contributed by atoms with van der Waals surface area (Å²) in [5.41, 5.74) is 0.790. The average Bonchev–Trinajstić information content (AvgIpc) is 2.65. The molecule has 0 spiro atoms. The first kappa shape index (κ1) is 11.1. The molecule has 0 bridgehead atoms. The van der Waals surface area contributed by atoms with E-state index < -0.39 is 17.9 Å². The zero-order valence-corrected chi connectivity index (χ0v) is 9.04. The van der Waals surface area contributed by atoms with Crippen LogP contribution >= 0.6 is 0 Å². The number of ether oxygens (including phenoxy) is 1. The van der Waals surface area contributed by atoms with Crippen LogP contribution in [0, 0.1) is 0 Å². The van der Waals surface area contributed by atoms with Crippen LogP contribution < -0.4 is 0 Å². The number of imide groups is 3. The molecule has 1 aromatic rings. The molecule has 0 unspecified atom stereocenters. The van der Waals surface area contributed by atoms with Crippen LogP contribution in [0.4, 0.5) is 4.79 Å². The molecule has 1 heterocycles. The van der Waals surface area contributed by atoms with Crippen LogP contribution in [0.5, 0.6) is 0 Å². The summed E-state index contributed by atoms with van der Waals surface area (Å²) in [6, 6.07) is 8.67. The van der Waals surface area contributed by atoms with Crippen LogP contribution in [0.1, 0.15) is 5.56 Å². The van der Waals surface area contributed by atoms with E-state index in [1.54, 1.807) is 30.3 Å². The fourth-order valence-electron chi connectivity index (χ4n) is 1.56. The highest BCUT2D eigenvalue weighted by molar-refractivity contribution is 6.37. The third kappa shape index (κ3) is 1.82. The lowest BCUT2D eigenvalue weighted by Gasteiger charge is -2.10. The number of nitrogens with zero attached hydrogens (tertiary/aromatic N) is 1. The second-order valence-electron chi connectivity index (χ2n) is 3.37.